The highest BCUT2D eigenvalue weighted by Crippen LogP contribution is 2.13. The van der Waals surface area contributed by atoms with E-state index in [0.717, 1.165) is 51.4 Å². The molecule has 0 spiro atoms. The van der Waals surface area contributed by atoms with Crippen molar-refractivity contribution in [3.8, 4) is 0 Å². The lowest BCUT2D eigenvalue weighted by Gasteiger charge is -2.02. The molecule has 0 unspecified atom stereocenters. The van der Waals surface area contributed by atoms with Crippen molar-refractivity contribution in [2.24, 2.45) is 0 Å². The molecule has 0 heterocycles. The largest absolute Gasteiger partial charge is 0.481 e. The van der Waals surface area contributed by atoms with Gasteiger partial charge in [0.05, 0.1) is 0 Å². The van der Waals surface area contributed by atoms with E-state index < -0.39 is 5.97 Å². The molecule has 0 aliphatic rings. The molecule has 0 radical (unpaired) electrons. The lowest BCUT2D eigenvalue weighted by molar-refractivity contribution is -0.137. The van der Waals surface area contributed by atoms with E-state index in [1.54, 1.807) is 0 Å². The highest BCUT2D eigenvalue weighted by Gasteiger charge is 1.97. The Morgan fingerprint density at radius 2 is 0.750 bits per heavy atom. The van der Waals surface area contributed by atoms with Gasteiger partial charge >= 0.3 is 5.97 Å². The summed E-state index contributed by atoms with van der Waals surface area (Å²) in [4.78, 5) is 10.5. The minimum absolute atomic E-state index is 0.333. The maximum atomic E-state index is 10.5. The molecule has 1 N–H and O–H groups in total. The van der Waals surface area contributed by atoms with Crippen molar-refractivity contribution >= 4 is 5.97 Å². The van der Waals surface area contributed by atoms with Gasteiger partial charge in [0, 0.05) is 6.42 Å². The van der Waals surface area contributed by atoms with Gasteiger partial charge in [-0.25, -0.2) is 0 Å². The fourth-order valence-corrected chi connectivity index (χ4v) is 3.95. The summed E-state index contributed by atoms with van der Waals surface area (Å²) in [5, 5.41) is 8.61. The standard InChI is InChI=1S/C34H56O2/c1-2-3-4-5-6-7-8-9-10-11-12-13-14-15-16-17-18-19-20-21-22-23-24-25-26-27-28-29-30-31-32-33-34(35)36/h3-4,6-7,9-10,12-13,15-16,18-19H,2,5,8,11,14,17,20-33H2,1H3,(H,35,36)/b4-3-,7-6-,10-9-,13-12-,16-15-,19-18?. The number of allylic oxidation sites excluding steroid dienone is 12. The molecule has 0 saturated heterocycles. The summed E-state index contributed by atoms with van der Waals surface area (Å²) in [6.07, 6.45) is 50.1. The van der Waals surface area contributed by atoms with Crippen molar-refractivity contribution < 1.29 is 9.90 Å². The second kappa shape index (κ2) is 30.9. The Labute approximate surface area is 224 Å². The van der Waals surface area contributed by atoms with E-state index in [4.69, 9.17) is 5.11 Å². The zero-order valence-electron chi connectivity index (χ0n) is 23.4. The van der Waals surface area contributed by atoms with Gasteiger partial charge in [0.2, 0.25) is 0 Å². The third kappa shape index (κ3) is 31.9. The molecule has 0 fully saturated rings. The van der Waals surface area contributed by atoms with Crippen molar-refractivity contribution in [3.05, 3.63) is 72.9 Å². The highest BCUT2D eigenvalue weighted by atomic mass is 16.4. The molecule has 36 heavy (non-hydrogen) atoms. The van der Waals surface area contributed by atoms with Gasteiger partial charge in [0.1, 0.15) is 0 Å². The second-order valence-electron chi connectivity index (χ2n) is 9.59. The van der Waals surface area contributed by atoms with Crippen molar-refractivity contribution in [2.45, 2.75) is 135 Å². The predicted octanol–water partition coefficient (Wildman–Crippen LogP) is 11.2. The minimum atomic E-state index is -0.660. The molecule has 0 rings (SSSR count). The normalized spacial score (nSPS) is 12.7. The Bertz CT molecular complexity index is 634. The van der Waals surface area contributed by atoms with Crippen molar-refractivity contribution in [1.29, 1.82) is 0 Å². The van der Waals surface area contributed by atoms with Gasteiger partial charge < -0.3 is 5.11 Å². The number of hydrogen-bond acceptors (Lipinski definition) is 1. The SMILES string of the molecule is CC/C=C\C/C=C\C/C=C\C/C=C\C/C=C\CC=CCCCCCCCCCCCCCCC(=O)O. The number of carboxylic acid groups (broad SMARTS) is 1. The topological polar surface area (TPSA) is 37.3 Å². The van der Waals surface area contributed by atoms with Crippen molar-refractivity contribution in [1.82, 2.24) is 0 Å². The summed E-state index contributed by atoms with van der Waals surface area (Å²) in [5.74, 6) is -0.660. The first-order chi connectivity index (χ1) is 17.8. The van der Waals surface area contributed by atoms with Gasteiger partial charge in [-0.2, -0.15) is 0 Å². The Morgan fingerprint density at radius 3 is 1.11 bits per heavy atom. The second-order valence-corrected chi connectivity index (χ2v) is 9.59. The van der Waals surface area contributed by atoms with E-state index in [0.29, 0.717) is 6.42 Å². The molecule has 0 atom stereocenters. The molecule has 0 aliphatic heterocycles. The van der Waals surface area contributed by atoms with E-state index in [-0.39, 0.29) is 0 Å². The molecule has 0 aromatic heterocycles. The van der Waals surface area contributed by atoms with Gasteiger partial charge in [0.15, 0.2) is 0 Å². The third-order valence-electron chi connectivity index (χ3n) is 6.11. The maximum absolute atomic E-state index is 10.5. The number of unbranched alkanes of at least 4 members (excludes halogenated alkanes) is 12. The number of rotatable bonds is 26. The van der Waals surface area contributed by atoms with Gasteiger partial charge in [-0.15, -0.1) is 0 Å². The van der Waals surface area contributed by atoms with E-state index in [2.05, 4.69) is 79.8 Å². The lowest BCUT2D eigenvalue weighted by atomic mass is 10.0. The van der Waals surface area contributed by atoms with Crippen LogP contribution in [0.1, 0.15) is 135 Å². The maximum Gasteiger partial charge on any atom is 0.303 e. The van der Waals surface area contributed by atoms with Gasteiger partial charge in [-0.05, 0) is 57.8 Å². The molecular formula is C34H56O2. The number of hydrogen-bond donors (Lipinski definition) is 1. The molecule has 0 aromatic rings. The molecule has 0 aliphatic carbocycles. The molecule has 0 saturated carbocycles. The quantitative estimate of drug-likeness (QED) is 0.0954. The zero-order valence-corrected chi connectivity index (χ0v) is 23.4. The Hall–Kier alpha value is -2.09. The van der Waals surface area contributed by atoms with Gasteiger partial charge in [0.25, 0.3) is 0 Å². The smallest absolute Gasteiger partial charge is 0.303 e. The Kier molecular flexibility index (Phi) is 29.1. The molecule has 2 nitrogen and oxygen atoms in total. The fourth-order valence-electron chi connectivity index (χ4n) is 3.95. The predicted molar refractivity (Wildman–Crippen MR) is 160 cm³/mol. The molecule has 2 heteroatoms. The van der Waals surface area contributed by atoms with Crippen LogP contribution in [0.5, 0.6) is 0 Å². The van der Waals surface area contributed by atoms with Crippen LogP contribution in [0.3, 0.4) is 0 Å². The molecule has 204 valence electrons. The van der Waals surface area contributed by atoms with Crippen molar-refractivity contribution in [3.63, 3.8) is 0 Å². The van der Waals surface area contributed by atoms with Crippen LogP contribution in [-0.2, 0) is 4.79 Å². The summed E-state index contributed by atoms with van der Waals surface area (Å²) in [6, 6.07) is 0. The summed E-state index contributed by atoms with van der Waals surface area (Å²) >= 11 is 0. The summed E-state index contributed by atoms with van der Waals surface area (Å²) in [5.41, 5.74) is 0. The first-order valence-corrected chi connectivity index (χ1v) is 14.9. The highest BCUT2D eigenvalue weighted by molar-refractivity contribution is 5.66. The van der Waals surface area contributed by atoms with Gasteiger partial charge in [-0.3, -0.25) is 4.79 Å². The van der Waals surface area contributed by atoms with Gasteiger partial charge in [-0.1, -0.05) is 144 Å². The fraction of sp³-hybridized carbons (Fsp3) is 0.618. The average molecular weight is 497 g/mol. The molecule has 0 bridgehead atoms. The summed E-state index contributed by atoms with van der Waals surface area (Å²) in [6.45, 7) is 2.16. The molecular weight excluding hydrogens is 440 g/mol. The first kappa shape index (κ1) is 33.9. The van der Waals surface area contributed by atoms with E-state index >= 15 is 0 Å². The third-order valence-corrected chi connectivity index (χ3v) is 6.11. The Morgan fingerprint density at radius 1 is 0.444 bits per heavy atom. The molecule has 0 aromatic carbocycles. The number of aliphatic carboxylic acids is 1. The van der Waals surface area contributed by atoms with E-state index in [9.17, 15) is 4.79 Å². The van der Waals surface area contributed by atoms with Crippen LogP contribution in [-0.4, -0.2) is 11.1 Å². The average Bonchev–Trinajstić information content (AvgIpc) is 2.87. The summed E-state index contributed by atoms with van der Waals surface area (Å²) in [7, 11) is 0. The zero-order chi connectivity index (χ0) is 26.2. The van der Waals surface area contributed by atoms with Crippen LogP contribution in [0, 0.1) is 0 Å². The van der Waals surface area contributed by atoms with E-state index in [1.165, 1.54) is 70.6 Å². The van der Waals surface area contributed by atoms with E-state index in [1.807, 2.05) is 0 Å². The van der Waals surface area contributed by atoms with Crippen LogP contribution in [0.15, 0.2) is 72.9 Å². The number of carbonyl (C=O) groups is 1. The van der Waals surface area contributed by atoms with Crippen LogP contribution in [0.25, 0.3) is 0 Å². The van der Waals surface area contributed by atoms with Crippen LogP contribution < -0.4 is 0 Å². The number of carboxylic acids is 1. The van der Waals surface area contributed by atoms with Crippen LogP contribution in [0.4, 0.5) is 0 Å². The van der Waals surface area contributed by atoms with Crippen LogP contribution in [0.2, 0.25) is 0 Å². The minimum Gasteiger partial charge on any atom is -0.481 e. The lowest BCUT2D eigenvalue weighted by Crippen LogP contribution is -1.93. The monoisotopic (exact) mass is 496 g/mol. The Balaban J connectivity index is 3.33. The first-order valence-electron chi connectivity index (χ1n) is 14.9. The molecule has 0 amide bonds. The van der Waals surface area contributed by atoms with Crippen LogP contribution >= 0.6 is 0 Å². The van der Waals surface area contributed by atoms with Crippen molar-refractivity contribution in [2.75, 3.05) is 0 Å². The summed E-state index contributed by atoms with van der Waals surface area (Å²) < 4.78 is 0.